The third-order valence-corrected chi connectivity index (χ3v) is 5.03. The van der Waals surface area contributed by atoms with Gasteiger partial charge >= 0.3 is 0 Å². The monoisotopic (exact) mass is 366 g/mol. The topological polar surface area (TPSA) is 49.4 Å². The maximum absolute atomic E-state index is 13.1. The van der Waals surface area contributed by atoms with Gasteiger partial charge < -0.3 is 10.2 Å². The van der Waals surface area contributed by atoms with Crippen LogP contribution in [-0.4, -0.2) is 29.8 Å². The minimum atomic E-state index is -0.477. The molecule has 1 atom stereocenters. The van der Waals surface area contributed by atoms with Crippen molar-refractivity contribution < 1.29 is 9.59 Å². The van der Waals surface area contributed by atoms with Crippen LogP contribution in [0.1, 0.15) is 41.2 Å². The number of benzene rings is 2. The summed E-state index contributed by atoms with van der Waals surface area (Å²) in [5, 5.41) is 2.69. The summed E-state index contributed by atoms with van der Waals surface area (Å²) in [6.45, 7) is 8.50. The van der Waals surface area contributed by atoms with Crippen LogP contribution in [0.5, 0.6) is 0 Å². The van der Waals surface area contributed by atoms with Gasteiger partial charge in [-0.1, -0.05) is 55.0 Å². The summed E-state index contributed by atoms with van der Waals surface area (Å²) in [5.74, 6) is -0.160. The molecule has 0 heterocycles. The van der Waals surface area contributed by atoms with Crippen molar-refractivity contribution in [3.63, 3.8) is 0 Å². The number of carbonyl (C=O) groups excluding carboxylic acids is 2. The number of rotatable bonds is 7. The Morgan fingerprint density at radius 1 is 0.963 bits per heavy atom. The largest absolute Gasteiger partial charge is 0.357 e. The van der Waals surface area contributed by atoms with E-state index in [0.29, 0.717) is 19.4 Å². The molecule has 2 aromatic carbocycles. The van der Waals surface area contributed by atoms with E-state index >= 15 is 0 Å². The Labute approximate surface area is 162 Å². The highest BCUT2D eigenvalue weighted by molar-refractivity contribution is 5.88. The highest BCUT2D eigenvalue weighted by atomic mass is 16.2. The Hall–Kier alpha value is -2.62. The first kappa shape index (κ1) is 20.7. The van der Waals surface area contributed by atoms with Crippen LogP contribution in [-0.2, 0) is 22.6 Å². The number of amides is 2. The molecule has 2 amide bonds. The molecule has 144 valence electrons. The highest BCUT2D eigenvalue weighted by Crippen LogP contribution is 2.16. The van der Waals surface area contributed by atoms with E-state index in [2.05, 4.69) is 18.3 Å². The zero-order chi connectivity index (χ0) is 20.0. The van der Waals surface area contributed by atoms with E-state index in [0.717, 1.165) is 11.1 Å². The normalized spacial score (nSPS) is 11.7. The van der Waals surface area contributed by atoms with Crippen molar-refractivity contribution >= 4 is 11.8 Å². The van der Waals surface area contributed by atoms with E-state index in [1.54, 1.807) is 11.9 Å². The summed E-state index contributed by atoms with van der Waals surface area (Å²) >= 11 is 0. The molecule has 0 aliphatic heterocycles. The molecule has 0 aliphatic carbocycles. The van der Waals surface area contributed by atoms with E-state index in [4.69, 9.17) is 0 Å². The van der Waals surface area contributed by atoms with Gasteiger partial charge in [0.2, 0.25) is 11.8 Å². The zero-order valence-electron chi connectivity index (χ0n) is 17.0. The van der Waals surface area contributed by atoms with Crippen molar-refractivity contribution in [1.29, 1.82) is 0 Å². The number of carbonyl (C=O) groups is 2. The number of aryl methyl sites for hydroxylation is 3. The SMILES string of the molecule is CC[C@H](C(=O)NC)N(Cc1ccc(C)cc1)C(=O)Cc1ccc(C)c(C)c1. The Bertz CT molecular complexity index is 797. The fourth-order valence-corrected chi connectivity index (χ4v) is 3.17. The molecule has 0 aliphatic rings. The summed E-state index contributed by atoms with van der Waals surface area (Å²) < 4.78 is 0. The summed E-state index contributed by atoms with van der Waals surface area (Å²) in [6.07, 6.45) is 0.866. The fraction of sp³-hybridized carbons (Fsp3) is 0.391. The number of likely N-dealkylation sites (N-methyl/N-ethyl adjacent to an activating group) is 1. The number of hydrogen-bond donors (Lipinski definition) is 1. The Balaban J connectivity index is 2.28. The molecule has 0 spiro atoms. The van der Waals surface area contributed by atoms with Crippen LogP contribution in [0.2, 0.25) is 0 Å². The van der Waals surface area contributed by atoms with Gasteiger partial charge in [-0.05, 0) is 49.4 Å². The van der Waals surface area contributed by atoms with Gasteiger partial charge in [0.15, 0.2) is 0 Å². The molecule has 4 heteroatoms. The van der Waals surface area contributed by atoms with Crippen LogP contribution in [0.15, 0.2) is 42.5 Å². The first-order valence-corrected chi connectivity index (χ1v) is 9.48. The van der Waals surface area contributed by atoms with Crippen molar-refractivity contribution in [2.45, 2.75) is 53.1 Å². The van der Waals surface area contributed by atoms with Crippen molar-refractivity contribution in [3.8, 4) is 0 Å². The van der Waals surface area contributed by atoms with Gasteiger partial charge in [0.25, 0.3) is 0 Å². The number of nitrogens with one attached hydrogen (secondary N) is 1. The lowest BCUT2D eigenvalue weighted by Crippen LogP contribution is -2.48. The second-order valence-electron chi connectivity index (χ2n) is 7.14. The van der Waals surface area contributed by atoms with E-state index < -0.39 is 6.04 Å². The fourth-order valence-electron chi connectivity index (χ4n) is 3.17. The van der Waals surface area contributed by atoms with Crippen molar-refractivity contribution in [2.75, 3.05) is 7.05 Å². The molecule has 0 radical (unpaired) electrons. The lowest BCUT2D eigenvalue weighted by atomic mass is 10.0. The van der Waals surface area contributed by atoms with Crippen molar-refractivity contribution in [2.24, 2.45) is 0 Å². The smallest absolute Gasteiger partial charge is 0.242 e. The van der Waals surface area contributed by atoms with E-state index in [1.807, 2.05) is 57.2 Å². The lowest BCUT2D eigenvalue weighted by Gasteiger charge is -2.30. The van der Waals surface area contributed by atoms with Crippen LogP contribution in [0.4, 0.5) is 0 Å². The number of nitrogens with zero attached hydrogens (tertiary/aromatic N) is 1. The van der Waals surface area contributed by atoms with Crippen LogP contribution in [0, 0.1) is 20.8 Å². The summed E-state index contributed by atoms with van der Waals surface area (Å²) in [6, 6.07) is 13.7. The Kier molecular flexibility index (Phi) is 7.17. The maximum atomic E-state index is 13.1. The molecule has 1 N–H and O–H groups in total. The molecule has 0 bridgehead atoms. The second kappa shape index (κ2) is 9.36. The minimum Gasteiger partial charge on any atom is -0.357 e. The molecule has 0 saturated heterocycles. The average Bonchev–Trinajstić information content (AvgIpc) is 2.65. The van der Waals surface area contributed by atoms with Gasteiger partial charge in [-0.15, -0.1) is 0 Å². The van der Waals surface area contributed by atoms with Crippen molar-refractivity contribution in [3.05, 3.63) is 70.3 Å². The zero-order valence-corrected chi connectivity index (χ0v) is 17.0. The highest BCUT2D eigenvalue weighted by Gasteiger charge is 2.28. The van der Waals surface area contributed by atoms with Gasteiger partial charge in [-0.25, -0.2) is 0 Å². The molecule has 2 aromatic rings. The molecular weight excluding hydrogens is 336 g/mol. The lowest BCUT2D eigenvalue weighted by molar-refractivity contribution is -0.140. The Morgan fingerprint density at radius 3 is 2.15 bits per heavy atom. The molecule has 4 nitrogen and oxygen atoms in total. The first-order chi connectivity index (χ1) is 12.8. The predicted molar refractivity (Wildman–Crippen MR) is 109 cm³/mol. The average molecular weight is 367 g/mol. The molecular formula is C23H30N2O2. The second-order valence-corrected chi connectivity index (χ2v) is 7.14. The van der Waals surface area contributed by atoms with E-state index in [9.17, 15) is 9.59 Å². The molecule has 0 fully saturated rings. The van der Waals surface area contributed by atoms with E-state index in [-0.39, 0.29) is 11.8 Å². The van der Waals surface area contributed by atoms with Crippen LogP contribution < -0.4 is 5.32 Å². The molecule has 0 aromatic heterocycles. The van der Waals surface area contributed by atoms with Gasteiger partial charge in [0, 0.05) is 13.6 Å². The summed E-state index contributed by atoms with van der Waals surface area (Å²) in [5.41, 5.74) is 5.55. The van der Waals surface area contributed by atoms with Gasteiger partial charge in [0.05, 0.1) is 6.42 Å². The molecule has 0 saturated carbocycles. The van der Waals surface area contributed by atoms with Crippen molar-refractivity contribution in [1.82, 2.24) is 10.2 Å². The summed E-state index contributed by atoms with van der Waals surface area (Å²) in [4.78, 5) is 27.2. The van der Waals surface area contributed by atoms with Crippen LogP contribution in [0.25, 0.3) is 0 Å². The van der Waals surface area contributed by atoms with Gasteiger partial charge in [-0.2, -0.15) is 0 Å². The quantitative estimate of drug-likeness (QED) is 0.812. The summed E-state index contributed by atoms with van der Waals surface area (Å²) in [7, 11) is 1.61. The third-order valence-electron chi connectivity index (χ3n) is 5.03. The minimum absolute atomic E-state index is 0.0331. The van der Waals surface area contributed by atoms with Crippen LogP contribution >= 0.6 is 0 Å². The third kappa shape index (κ3) is 5.43. The standard InChI is InChI=1S/C23H30N2O2/c1-6-21(23(27)24-5)25(15-19-10-7-16(2)8-11-19)22(26)14-20-12-9-17(3)18(4)13-20/h7-13,21H,6,14-15H2,1-5H3,(H,24,27)/t21-/m1/s1. The van der Waals surface area contributed by atoms with Gasteiger partial charge in [-0.3, -0.25) is 9.59 Å². The molecule has 0 unspecified atom stereocenters. The maximum Gasteiger partial charge on any atom is 0.242 e. The van der Waals surface area contributed by atoms with Gasteiger partial charge in [0.1, 0.15) is 6.04 Å². The first-order valence-electron chi connectivity index (χ1n) is 9.48. The molecule has 27 heavy (non-hydrogen) atoms. The van der Waals surface area contributed by atoms with E-state index in [1.165, 1.54) is 16.7 Å². The number of hydrogen-bond acceptors (Lipinski definition) is 2. The van der Waals surface area contributed by atoms with Crippen LogP contribution in [0.3, 0.4) is 0 Å². The Morgan fingerprint density at radius 2 is 1.59 bits per heavy atom. The molecule has 2 rings (SSSR count). The predicted octanol–water partition coefficient (Wildman–Crippen LogP) is 3.71.